The van der Waals surface area contributed by atoms with Crippen LogP contribution in [0.5, 0.6) is 0 Å². The molecule has 0 aromatic heterocycles. The maximum absolute atomic E-state index is 12.4. The maximum Gasteiger partial charge on any atom is 0.334 e. The number of esters is 2. The van der Waals surface area contributed by atoms with Gasteiger partial charge in [0.15, 0.2) is 0 Å². The molecule has 0 N–H and O–H groups in total. The summed E-state index contributed by atoms with van der Waals surface area (Å²) in [6, 6.07) is 15.9. The van der Waals surface area contributed by atoms with Crippen LogP contribution in [0, 0.1) is 0 Å². The molecule has 0 atom stereocenters. The second kappa shape index (κ2) is 14.8. The molecule has 1 amide bonds. The number of ether oxygens (including phenoxy) is 2. The van der Waals surface area contributed by atoms with Crippen LogP contribution >= 0.6 is 0 Å². The Bertz CT molecular complexity index is 1010. The van der Waals surface area contributed by atoms with E-state index in [0.717, 1.165) is 41.5 Å². The van der Waals surface area contributed by atoms with Gasteiger partial charge in [-0.1, -0.05) is 68.7 Å². The molecule has 0 saturated carbocycles. The van der Waals surface area contributed by atoms with Crippen molar-refractivity contribution in [1.82, 2.24) is 4.90 Å². The Morgan fingerprint density at radius 3 is 2.34 bits per heavy atom. The highest BCUT2D eigenvalue weighted by atomic mass is 16.5. The highest BCUT2D eigenvalue weighted by Crippen LogP contribution is 2.23. The molecule has 2 aromatic carbocycles. The minimum atomic E-state index is -0.557. The third-order valence-corrected chi connectivity index (χ3v) is 5.69. The Hall–Kier alpha value is -3.41. The zero-order valence-corrected chi connectivity index (χ0v) is 21.3. The van der Waals surface area contributed by atoms with Crippen LogP contribution in [0.3, 0.4) is 0 Å². The quantitative estimate of drug-likeness (QED) is 0.206. The van der Waals surface area contributed by atoms with E-state index in [1.165, 1.54) is 13.5 Å². The van der Waals surface area contributed by atoms with E-state index < -0.39 is 11.9 Å². The van der Waals surface area contributed by atoms with Crippen LogP contribution in [0.1, 0.15) is 63.5 Å². The van der Waals surface area contributed by atoms with Gasteiger partial charge in [-0.15, -0.1) is 0 Å². The first-order chi connectivity index (χ1) is 16.9. The van der Waals surface area contributed by atoms with Gasteiger partial charge >= 0.3 is 11.9 Å². The number of rotatable bonds is 13. The summed E-state index contributed by atoms with van der Waals surface area (Å²) in [5.41, 5.74) is 4.15. The Balaban J connectivity index is 2.09. The molecule has 35 heavy (non-hydrogen) atoms. The number of carbonyl (C=O) groups excluding carboxylic acids is 3. The van der Waals surface area contributed by atoms with Gasteiger partial charge in [0.2, 0.25) is 5.91 Å². The van der Waals surface area contributed by atoms with Crippen molar-refractivity contribution in [3.8, 4) is 11.1 Å². The second-order valence-electron chi connectivity index (χ2n) is 8.53. The van der Waals surface area contributed by atoms with Crippen LogP contribution < -0.4 is 0 Å². The number of benzene rings is 2. The van der Waals surface area contributed by atoms with Gasteiger partial charge in [-0.25, -0.2) is 4.79 Å². The van der Waals surface area contributed by atoms with Gasteiger partial charge in [0.05, 0.1) is 20.1 Å². The van der Waals surface area contributed by atoms with Crippen molar-refractivity contribution in [1.29, 1.82) is 0 Å². The molecular formula is C29H37NO5. The zero-order valence-electron chi connectivity index (χ0n) is 21.3. The lowest BCUT2D eigenvalue weighted by Crippen LogP contribution is -2.25. The largest absolute Gasteiger partial charge is 0.466 e. The van der Waals surface area contributed by atoms with Crippen molar-refractivity contribution in [3.63, 3.8) is 0 Å². The first kappa shape index (κ1) is 27.8. The number of nitrogens with zero attached hydrogens (tertiary/aromatic N) is 1. The number of hydrogen-bond donors (Lipinski definition) is 0. The van der Waals surface area contributed by atoms with E-state index in [2.05, 4.69) is 13.0 Å². The van der Waals surface area contributed by atoms with Crippen LogP contribution in [0.2, 0.25) is 0 Å². The Morgan fingerprint density at radius 1 is 0.943 bits per heavy atom. The number of unbranched alkanes of at least 4 members (excludes halogenated alkanes) is 3. The van der Waals surface area contributed by atoms with Gasteiger partial charge in [-0.3, -0.25) is 9.59 Å². The molecule has 0 unspecified atom stereocenters. The maximum atomic E-state index is 12.4. The Kier molecular flexibility index (Phi) is 11.7. The van der Waals surface area contributed by atoms with Crippen LogP contribution in [-0.2, 0) is 30.4 Å². The smallest absolute Gasteiger partial charge is 0.334 e. The van der Waals surface area contributed by atoms with E-state index in [1.54, 1.807) is 17.9 Å². The molecule has 0 aliphatic carbocycles. The zero-order chi connectivity index (χ0) is 25.6. The minimum absolute atomic E-state index is 0.144. The molecular weight excluding hydrogens is 442 g/mol. The van der Waals surface area contributed by atoms with Gasteiger partial charge in [0.1, 0.15) is 0 Å². The SMILES string of the molecule is CCCCCCC(=O)N(C)Cc1cccc(-c2ccc(C=C(CC(=O)OCC)C(=O)OC)cc2)c1. The molecule has 0 bridgehead atoms. The van der Waals surface area contributed by atoms with Crippen LogP contribution in [0.15, 0.2) is 54.1 Å². The second-order valence-corrected chi connectivity index (χ2v) is 8.53. The normalized spacial score (nSPS) is 11.1. The van der Waals surface area contributed by atoms with Gasteiger partial charge < -0.3 is 14.4 Å². The molecule has 0 saturated heterocycles. The first-order valence-corrected chi connectivity index (χ1v) is 12.3. The molecule has 188 valence electrons. The fourth-order valence-corrected chi connectivity index (χ4v) is 3.76. The third-order valence-electron chi connectivity index (χ3n) is 5.69. The minimum Gasteiger partial charge on any atom is -0.466 e. The molecule has 6 heteroatoms. The highest BCUT2D eigenvalue weighted by molar-refractivity contribution is 5.98. The van der Waals surface area contributed by atoms with E-state index in [1.807, 2.05) is 49.5 Å². The first-order valence-electron chi connectivity index (χ1n) is 12.3. The summed E-state index contributed by atoms with van der Waals surface area (Å²) < 4.78 is 9.76. The van der Waals surface area contributed by atoms with Gasteiger partial charge in [-0.05, 0) is 47.7 Å². The van der Waals surface area contributed by atoms with Crippen molar-refractivity contribution in [3.05, 3.63) is 65.2 Å². The summed E-state index contributed by atoms with van der Waals surface area (Å²) in [4.78, 5) is 38.1. The summed E-state index contributed by atoms with van der Waals surface area (Å²) in [5.74, 6) is -0.854. The number of carbonyl (C=O) groups is 3. The molecule has 0 aliphatic heterocycles. The standard InChI is InChI=1S/C29H37NO5/c1-5-7-8-9-13-27(31)30(3)21-23-11-10-12-25(19-23)24-16-14-22(15-17-24)18-26(29(33)34-4)20-28(32)35-6-2/h10-12,14-19H,5-9,13,20-21H2,1-4H3. The van der Waals surface area contributed by atoms with Crippen molar-refractivity contribution < 1.29 is 23.9 Å². The van der Waals surface area contributed by atoms with Crippen molar-refractivity contribution in [2.45, 2.75) is 58.9 Å². The molecule has 2 aromatic rings. The third kappa shape index (κ3) is 9.39. The molecule has 0 fully saturated rings. The molecule has 0 spiro atoms. The van der Waals surface area contributed by atoms with Crippen molar-refractivity contribution in [2.75, 3.05) is 20.8 Å². The van der Waals surface area contributed by atoms with Crippen molar-refractivity contribution in [2.24, 2.45) is 0 Å². The van der Waals surface area contributed by atoms with Gasteiger partial charge in [-0.2, -0.15) is 0 Å². The Labute approximate surface area is 208 Å². The van der Waals surface area contributed by atoms with Crippen LogP contribution in [0.4, 0.5) is 0 Å². The van der Waals surface area contributed by atoms with E-state index in [-0.39, 0.29) is 24.5 Å². The molecule has 2 rings (SSSR count). The van der Waals surface area contributed by atoms with E-state index >= 15 is 0 Å². The Morgan fingerprint density at radius 2 is 1.69 bits per heavy atom. The lowest BCUT2D eigenvalue weighted by atomic mass is 10.0. The molecule has 0 heterocycles. The predicted octanol–water partition coefficient (Wildman–Crippen LogP) is 5.79. The fourth-order valence-electron chi connectivity index (χ4n) is 3.76. The highest BCUT2D eigenvalue weighted by Gasteiger charge is 2.15. The summed E-state index contributed by atoms with van der Waals surface area (Å²) in [6.45, 7) is 4.70. The number of amides is 1. The average Bonchev–Trinajstić information content (AvgIpc) is 2.86. The van der Waals surface area contributed by atoms with E-state index in [9.17, 15) is 14.4 Å². The monoisotopic (exact) mass is 479 g/mol. The number of methoxy groups -OCH3 is 1. The van der Waals surface area contributed by atoms with Crippen LogP contribution in [0.25, 0.3) is 17.2 Å². The summed E-state index contributed by atoms with van der Waals surface area (Å²) >= 11 is 0. The summed E-state index contributed by atoms with van der Waals surface area (Å²) in [5, 5.41) is 0. The van der Waals surface area contributed by atoms with E-state index in [0.29, 0.717) is 13.0 Å². The molecule has 0 radical (unpaired) electrons. The van der Waals surface area contributed by atoms with Gasteiger partial charge in [0.25, 0.3) is 0 Å². The van der Waals surface area contributed by atoms with Crippen LogP contribution in [-0.4, -0.2) is 43.5 Å². The molecule has 6 nitrogen and oxygen atoms in total. The summed E-state index contributed by atoms with van der Waals surface area (Å²) in [7, 11) is 3.14. The summed E-state index contributed by atoms with van der Waals surface area (Å²) in [6.07, 6.45) is 6.46. The topological polar surface area (TPSA) is 72.9 Å². The molecule has 0 aliphatic rings. The predicted molar refractivity (Wildman–Crippen MR) is 138 cm³/mol. The lowest BCUT2D eigenvalue weighted by molar-refractivity contribution is -0.145. The van der Waals surface area contributed by atoms with E-state index in [4.69, 9.17) is 9.47 Å². The lowest BCUT2D eigenvalue weighted by Gasteiger charge is -2.18. The fraction of sp³-hybridized carbons (Fsp3) is 0.414. The number of hydrogen-bond acceptors (Lipinski definition) is 5. The average molecular weight is 480 g/mol. The van der Waals surface area contributed by atoms with Gasteiger partial charge in [0, 0.05) is 25.6 Å². The van der Waals surface area contributed by atoms with Crippen molar-refractivity contribution >= 4 is 23.9 Å².